The fraction of sp³-hybridized carbons (Fsp3) is 0.545. The Morgan fingerprint density at radius 3 is 2.71 bits per heavy atom. The van der Waals surface area contributed by atoms with Crippen molar-refractivity contribution in [1.82, 2.24) is 9.71 Å². The Labute approximate surface area is 110 Å². The fourth-order valence-electron chi connectivity index (χ4n) is 2.06. The summed E-state index contributed by atoms with van der Waals surface area (Å²) in [5.41, 5.74) is 0. The van der Waals surface area contributed by atoms with Crippen LogP contribution in [0.25, 0.3) is 0 Å². The minimum Gasteiger partial charge on any atom is -0.262 e. The molecule has 0 aliphatic heterocycles. The highest BCUT2D eigenvalue weighted by Crippen LogP contribution is 2.24. The molecule has 6 heteroatoms. The molecule has 1 fully saturated rings. The van der Waals surface area contributed by atoms with Gasteiger partial charge in [0.05, 0.1) is 0 Å². The number of rotatable bonds is 4. The number of aromatic nitrogens is 1. The van der Waals surface area contributed by atoms with E-state index in [9.17, 15) is 8.42 Å². The lowest BCUT2D eigenvalue weighted by atomic mass is 10.1. The zero-order chi connectivity index (χ0) is 12.3. The number of halogens is 1. The Morgan fingerprint density at radius 2 is 2.06 bits per heavy atom. The van der Waals surface area contributed by atoms with Crippen LogP contribution in [0.3, 0.4) is 0 Å². The van der Waals surface area contributed by atoms with Gasteiger partial charge in [0.2, 0.25) is 10.0 Å². The SMILES string of the molecule is O=S(=O)(NCC1CCCC1)c1cncc(Br)c1. The monoisotopic (exact) mass is 318 g/mol. The highest BCUT2D eigenvalue weighted by atomic mass is 79.9. The maximum Gasteiger partial charge on any atom is 0.242 e. The van der Waals surface area contributed by atoms with Crippen LogP contribution >= 0.6 is 15.9 Å². The third kappa shape index (κ3) is 3.50. The zero-order valence-corrected chi connectivity index (χ0v) is 11.8. The molecule has 1 aliphatic rings. The third-order valence-corrected chi connectivity index (χ3v) is 4.85. The summed E-state index contributed by atoms with van der Waals surface area (Å²) in [5, 5.41) is 0. The Bertz CT molecular complexity index is 484. The molecule has 0 saturated heterocycles. The second-order valence-electron chi connectivity index (χ2n) is 4.34. The maximum atomic E-state index is 12.0. The van der Waals surface area contributed by atoms with Crippen molar-refractivity contribution in [1.29, 1.82) is 0 Å². The van der Waals surface area contributed by atoms with Crippen LogP contribution in [-0.2, 0) is 10.0 Å². The lowest BCUT2D eigenvalue weighted by Gasteiger charge is -2.11. The molecule has 0 aromatic carbocycles. The first-order valence-corrected chi connectivity index (χ1v) is 7.96. The van der Waals surface area contributed by atoms with Gasteiger partial charge in [0.25, 0.3) is 0 Å². The Balaban J connectivity index is 2.03. The van der Waals surface area contributed by atoms with Gasteiger partial charge in [-0.1, -0.05) is 12.8 Å². The summed E-state index contributed by atoms with van der Waals surface area (Å²) in [5.74, 6) is 0.491. The van der Waals surface area contributed by atoms with E-state index in [1.807, 2.05) is 0 Å². The minimum absolute atomic E-state index is 0.213. The quantitative estimate of drug-likeness (QED) is 0.926. The van der Waals surface area contributed by atoms with Crippen molar-refractivity contribution in [3.05, 3.63) is 22.9 Å². The minimum atomic E-state index is -3.41. The average molecular weight is 319 g/mol. The number of pyridine rings is 1. The molecule has 0 radical (unpaired) electrons. The van der Waals surface area contributed by atoms with Crippen LogP contribution in [0.15, 0.2) is 27.8 Å². The maximum absolute atomic E-state index is 12.0. The molecule has 0 spiro atoms. The Kier molecular flexibility index (Phi) is 4.17. The van der Waals surface area contributed by atoms with E-state index in [-0.39, 0.29) is 4.90 Å². The summed E-state index contributed by atoms with van der Waals surface area (Å²) < 4.78 is 27.3. The third-order valence-electron chi connectivity index (χ3n) is 3.03. The van der Waals surface area contributed by atoms with E-state index < -0.39 is 10.0 Å². The average Bonchev–Trinajstić information content (AvgIpc) is 2.79. The molecule has 0 amide bonds. The van der Waals surface area contributed by atoms with Gasteiger partial charge in [-0.3, -0.25) is 4.98 Å². The summed E-state index contributed by atoms with van der Waals surface area (Å²) in [4.78, 5) is 4.08. The first kappa shape index (κ1) is 13.0. The number of nitrogens with one attached hydrogen (secondary N) is 1. The van der Waals surface area contributed by atoms with Crippen molar-refractivity contribution in [3.63, 3.8) is 0 Å². The molecular weight excluding hydrogens is 304 g/mol. The van der Waals surface area contributed by atoms with Crippen LogP contribution in [0, 0.1) is 5.92 Å². The van der Waals surface area contributed by atoms with Gasteiger partial charge in [-0.05, 0) is 40.8 Å². The molecule has 17 heavy (non-hydrogen) atoms. The number of hydrogen-bond donors (Lipinski definition) is 1. The molecule has 1 aromatic heterocycles. The molecular formula is C11H15BrN2O2S. The molecule has 0 atom stereocenters. The lowest BCUT2D eigenvalue weighted by Crippen LogP contribution is -2.28. The fourth-order valence-corrected chi connectivity index (χ4v) is 3.68. The second-order valence-corrected chi connectivity index (χ2v) is 7.02. The van der Waals surface area contributed by atoms with E-state index in [0.29, 0.717) is 16.9 Å². The van der Waals surface area contributed by atoms with Gasteiger partial charge in [-0.25, -0.2) is 13.1 Å². The van der Waals surface area contributed by atoms with Crippen molar-refractivity contribution in [2.24, 2.45) is 5.92 Å². The van der Waals surface area contributed by atoms with E-state index in [1.54, 1.807) is 12.3 Å². The van der Waals surface area contributed by atoms with Gasteiger partial charge in [0.1, 0.15) is 4.90 Å². The number of nitrogens with zero attached hydrogens (tertiary/aromatic N) is 1. The summed E-state index contributed by atoms with van der Waals surface area (Å²) in [6.07, 6.45) is 7.60. The molecule has 2 rings (SSSR count). The van der Waals surface area contributed by atoms with E-state index in [4.69, 9.17) is 0 Å². The molecule has 1 aromatic rings. The molecule has 0 unspecified atom stereocenters. The van der Waals surface area contributed by atoms with Crippen LogP contribution in [0.5, 0.6) is 0 Å². The van der Waals surface area contributed by atoms with Crippen molar-refractivity contribution in [3.8, 4) is 0 Å². The van der Waals surface area contributed by atoms with Crippen LogP contribution in [0.2, 0.25) is 0 Å². The van der Waals surface area contributed by atoms with E-state index in [1.165, 1.54) is 19.0 Å². The van der Waals surface area contributed by atoms with Crippen molar-refractivity contribution in [2.75, 3.05) is 6.54 Å². The molecule has 4 nitrogen and oxygen atoms in total. The predicted molar refractivity (Wildman–Crippen MR) is 69.1 cm³/mol. The van der Waals surface area contributed by atoms with Crippen molar-refractivity contribution in [2.45, 2.75) is 30.6 Å². The first-order chi connectivity index (χ1) is 8.08. The van der Waals surface area contributed by atoms with Gasteiger partial charge >= 0.3 is 0 Å². The highest BCUT2D eigenvalue weighted by molar-refractivity contribution is 9.10. The smallest absolute Gasteiger partial charge is 0.242 e. The lowest BCUT2D eigenvalue weighted by molar-refractivity contribution is 0.519. The van der Waals surface area contributed by atoms with Gasteiger partial charge in [0, 0.05) is 23.4 Å². The normalized spacial score (nSPS) is 17.5. The van der Waals surface area contributed by atoms with Crippen LogP contribution in [0.1, 0.15) is 25.7 Å². The Hall–Kier alpha value is -0.460. The van der Waals surface area contributed by atoms with E-state index in [2.05, 4.69) is 25.6 Å². The molecule has 1 aliphatic carbocycles. The standard InChI is InChI=1S/C11H15BrN2O2S/c12-10-5-11(8-13-7-10)17(15,16)14-6-9-3-1-2-4-9/h5,7-9,14H,1-4,6H2. The topological polar surface area (TPSA) is 59.1 Å². The predicted octanol–water partition coefficient (Wildman–Crippen LogP) is 2.31. The van der Waals surface area contributed by atoms with E-state index >= 15 is 0 Å². The van der Waals surface area contributed by atoms with Gasteiger partial charge in [-0.15, -0.1) is 0 Å². The molecule has 1 heterocycles. The van der Waals surface area contributed by atoms with Crippen molar-refractivity contribution < 1.29 is 8.42 Å². The van der Waals surface area contributed by atoms with E-state index in [0.717, 1.165) is 12.8 Å². The molecule has 1 N–H and O–H groups in total. The summed E-state index contributed by atoms with van der Waals surface area (Å²) >= 11 is 3.22. The van der Waals surface area contributed by atoms with Crippen LogP contribution in [0.4, 0.5) is 0 Å². The summed E-state index contributed by atoms with van der Waals surface area (Å²) in [6, 6.07) is 1.56. The molecule has 1 saturated carbocycles. The number of hydrogen-bond acceptors (Lipinski definition) is 3. The summed E-state index contributed by atoms with van der Waals surface area (Å²) in [6.45, 7) is 0.537. The zero-order valence-electron chi connectivity index (χ0n) is 9.39. The molecule has 0 bridgehead atoms. The Morgan fingerprint density at radius 1 is 1.35 bits per heavy atom. The summed E-state index contributed by atoms with van der Waals surface area (Å²) in [7, 11) is -3.41. The first-order valence-electron chi connectivity index (χ1n) is 5.68. The van der Waals surface area contributed by atoms with Gasteiger partial charge in [0.15, 0.2) is 0 Å². The largest absolute Gasteiger partial charge is 0.262 e. The number of sulfonamides is 1. The van der Waals surface area contributed by atoms with Crippen LogP contribution in [-0.4, -0.2) is 19.9 Å². The van der Waals surface area contributed by atoms with Crippen molar-refractivity contribution >= 4 is 26.0 Å². The highest BCUT2D eigenvalue weighted by Gasteiger charge is 2.19. The van der Waals surface area contributed by atoms with Crippen LogP contribution < -0.4 is 4.72 Å². The molecule has 94 valence electrons. The van der Waals surface area contributed by atoms with Gasteiger partial charge in [-0.2, -0.15) is 0 Å². The second kappa shape index (κ2) is 5.46. The van der Waals surface area contributed by atoms with Gasteiger partial charge < -0.3 is 0 Å².